The predicted octanol–water partition coefficient (Wildman–Crippen LogP) is 3.43. The maximum Gasteiger partial charge on any atom is 0.227 e. The number of hydrogen-bond acceptors (Lipinski definition) is 3. The fraction of sp³-hybridized carbons (Fsp3) is 0.393. The van der Waals surface area contributed by atoms with Crippen LogP contribution in [0.3, 0.4) is 0 Å². The number of nitrogens with one attached hydrogen (secondary N) is 2. The lowest BCUT2D eigenvalue weighted by molar-refractivity contribution is -0.136. The highest BCUT2D eigenvalue weighted by Gasteiger charge is 2.37. The highest BCUT2D eigenvalue weighted by molar-refractivity contribution is 5.89. The van der Waals surface area contributed by atoms with Crippen LogP contribution in [0, 0.1) is 5.92 Å². The fourth-order valence-electron chi connectivity index (χ4n) is 4.99. The number of fused-ring (bicyclic) bond motifs is 1. The van der Waals surface area contributed by atoms with E-state index in [1.165, 1.54) is 0 Å². The number of carbonyl (C=O) groups excluding carboxylic acids is 3. The summed E-state index contributed by atoms with van der Waals surface area (Å²) in [5, 5.41) is 4.04. The second-order valence-electron chi connectivity index (χ2n) is 9.56. The molecule has 0 bridgehead atoms. The molecule has 2 aliphatic rings. The highest BCUT2D eigenvalue weighted by atomic mass is 16.2. The average molecular weight is 473 g/mol. The molecular weight excluding hydrogens is 440 g/mol. The summed E-state index contributed by atoms with van der Waals surface area (Å²) < 4.78 is 0. The van der Waals surface area contributed by atoms with Crippen molar-refractivity contribution in [1.29, 1.82) is 0 Å². The molecule has 1 aliphatic carbocycles. The van der Waals surface area contributed by atoms with Crippen molar-refractivity contribution in [3.05, 3.63) is 71.9 Å². The number of nitrogens with zero attached hydrogens (tertiary/aromatic N) is 2. The van der Waals surface area contributed by atoms with E-state index < -0.39 is 0 Å². The quantitative estimate of drug-likeness (QED) is 0.610. The third kappa shape index (κ3) is 5.39. The van der Waals surface area contributed by atoms with Crippen molar-refractivity contribution in [2.45, 2.75) is 38.1 Å². The third-order valence-electron chi connectivity index (χ3n) is 7.05. The molecular formula is C28H32N4O3. The van der Waals surface area contributed by atoms with Crippen LogP contribution >= 0.6 is 0 Å². The van der Waals surface area contributed by atoms with E-state index in [1.807, 2.05) is 70.6 Å². The molecule has 5 rings (SSSR count). The van der Waals surface area contributed by atoms with Crippen LogP contribution in [0.25, 0.3) is 10.9 Å². The van der Waals surface area contributed by atoms with E-state index in [4.69, 9.17) is 0 Å². The SMILES string of the molecule is O=C1CC(c2ccccc2)N(C(=O)C2CC2)CCCN(C(=O)Cc2c[nH]c3ccccc23)CCN1. The Morgan fingerprint density at radius 3 is 2.51 bits per heavy atom. The number of H-pyrrole nitrogens is 1. The van der Waals surface area contributed by atoms with Crippen molar-refractivity contribution in [2.75, 3.05) is 26.2 Å². The number of aromatic amines is 1. The van der Waals surface area contributed by atoms with Gasteiger partial charge in [0.25, 0.3) is 0 Å². The molecule has 3 aromatic rings. The number of aromatic nitrogens is 1. The molecule has 2 fully saturated rings. The molecule has 2 heterocycles. The van der Waals surface area contributed by atoms with E-state index in [1.54, 1.807) is 0 Å². The van der Waals surface area contributed by atoms with Crippen LogP contribution in [-0.4, -0.2) is 58.7 Å². The third-order valence-corrected chi connectivity index (χ3v) is 7.05. The van der Waals surface area contributed by atoms with Crippen LogP contribution in [0.4, 0.5) is 0 Å². The molecule has 0 radical (unpaired) electrons. The number of amides is 3. The zero-order valence-corrected chi connectivity index (χ0v) is 19.9. The Kier molecular flexibility index (Phi) is 6.84. The van der Waals surface area contributed by atoms with Gasteiger partial charge in [-0.3, -0.25) is 14.4 Å². The average Bonchev–Trinajstić information content (AvgIpc) is 3.66. The van der Waals surface area contributed by atoms with Crippen molar-refractivity contribution in [3.63, 3.8) is 0 Å². The summed E-state index contributed by atoms with van der Waals surface area (Å²) in [6.07, 6.45) is 4.93. The minimum Gasteiger partial charge on any atom is -0.361 e. The number of carbonyl (C=O) groups is 3. The monoisotopic (exact) mass is 472 g/mol. The van der Waals surface area contributed by atoms with Gasteiger partial charge in [-0.2, -0.15) is 0 Å². The molecule has 1 aliphatic heterocycles. The van der Waals surface area contributed by atoms with Gasteiger partial charge in [-0.15, -0.1) is 0 Å². The van der Waals surface area contributed by atoms with Crippen LogP contribution in [0.5, 0.6) is 0 Å². The molecule has 1 saturated heterocycles. The van der Waals surface area contributed by atoms with Gasteiger partial charge >= 0.3 is 0 Å². The number of rotatable bonds is 4. The molecule has 2 aromatic carbocycles. The number of para-hydroxylation sites is 1. The fourth-order valence-corrected chi connectivity index (χ4v) is 4.99. The van der Waals surface area contributed by atoms with Gasteiger partial charge in [-0.05, 0) is 36.5 Å². The smallest absolute Gasteiger partial charge is 0.227 e. The van der Waals surface area contributed by atoms with Gasteiger partial charge in [0.15, 0.2) is 0 Å². The standard InChI is InChI=1S/C28H32N4O3/c33-26-18-25(20-7-2-1-3-8-20)32(28(35)21-11-12-21)15-6-14-31(16-13-29-26)27(34)17-22-19-30-24-10-5-4-9-23(22)24/h1-5,7-10,19,21,25,30H,6,11-18H2,(H,29,33). The molecule has 2 N–H and O–H groups in total. The Bertz CT molecular complexity index is 1200. The van der Waals surface area contributed by atoms with E-state index in [0.717, 1.165) is 34.9 Å². The molecule has 7 nitrogen and oxygen atoms in total. The van der Waals surface area contributed by atoms with Crippen LogP contribution in [-0.2, 0) is 20.8 Å². The molecule has 7 heteroatoms. The van der Waals surface area contributed by atoms with Crippen LogP contribution in [0.1, 0.15) is 42.9 Å². The first-order valence-corrected chi connectivity index (χ1v) is 12.5. The lowest BCUT2D eigenvalue weighted by Gasteiger charge is -2.32. The van der Waals surface area contributed by atoms with Gasteiger partial charge in [0.05, 0.1) is 18.9 Å². The summed E-state index contributed by atoms with van der Waals surface area (Å²) in [6, 6.07) is 17.5. The van der Waals surface area contributed by atoms with Crippen molar-refractivity contribution < 1.29 is 14.4 Å². The summed E-state index contributed by atoms with van der Waals surface area (Å²) in [5.41, 5.74) is 2.96. The molecule has 1 aromatic heterocycles. The van der Waals surface area contributed by atoms with E-state index in [-0.39, 0.29) is 36.1 Å². The summed E-state index contributed by atoms with van der Waals surface area (Å²) in [4.78, 5) is 46.4. The molecule has 3 amide bonds. The van der Waals surface area contributed by atoms with Gasteiger partial charge in [0.1, 0.15) is 0 Å². The van der Waals surface area contributed by atoms with Gasteiger partial charge < -0.3 is 20.1 Å². The Balaban J connectivity index is 1.33. The van der Waals surface area contributed by atoms with Crippen molar-refractivity contribution >= 4 is 28.6 Å². The highest BCUT2D eigenvalue weighted by Crippen LogP contribution is 2.35. The molecule has 1 unspecified atom stereocenters. The van der Waals surface area contributed by atoms with Gasteiger partial charge in [0.2, 0.25) is 17.7 Å². The van der Waals surface area contributed by atoms with Gasteiger partial charge in [-0.25, -0.2) is 0 Å². The van der Waals surface area contributed by atoms with Crippen LogP contribution < -0.4 is 5.32 Å². The van der Waals surface area contributed by atoms with Crippen LogP contribution in [0.2, 0.25) is 0 Å². The van der Waals surface area contributed by atoms with Crippen molar-refractivity contribution in [3.8, 4) is 0 Å². The minimum atomic E-state index is -0.294. The minimum absolute atomic E-state index is 0.0305. The number of hydrogen-bond donors (Lipinski definition) is 2. The first-order valence-electron chi connectivity index (χ1n) is 12.5. The van der Waals surface area contributed by atoms with Crippen molar-refractivity contribution in [2.24, 2.45) is 5.92 Å². The second kappa shape index (κ2) is 10.3. The predicted molar refractivity (Wildman–Crippen MR) is 134 cm³/mol. The lowest BCUT2D eigenvalue weighted by atomic mass is 10.0. The van der Waals surface area contributed by atoms with E-state index >= 15 is 0 Å². The Labute approximate surface area is 205 Å². The van der Waals surface area contributed by atoms with Gasteiger partial charge in [0, 0.05) is 49.2 Å². The maximum absolute atomic E-state index is 13.3. The maximum atomic E-state index is 13.3. The van der Waals surface area contributed by atoms with Gasteiger partial charge in [-0.1, -0.05) is 48.5 Å². The Hall–Kier alpha value is -3.61. The molecule has 0 spiro atoms. The Morgan fingerprint density at radius 2 is 1.71 bits per heavy atom. The van der Waals surface area contributed by atoms with Crippen molar-refractivity contribution in [1.82, 2.24) is 20.1 Å². The Morgan fingerprint density at radius 1 is 0.943 bits per heavy atom. The lowest BCUT2D eigenvalue weighted by Crippen LogP contribution is -2.40. The molecule has 182 valence electrons. The topological polar surface area (TPSA) is 85.5 Å². The zero-order valence-electron chi connectivity index (χ0n) is 19.9. The normalized spacial score (nSPS) is 19.8. The molecule has 1 saturated carbocycles. The second-order valence-corrected chi connectivity index (χ2v) is 9.56. The first kappa shape index (κ1) is 23.1. The first-order chi connectivity index (χ1) is 17.1. The summed E-state index contributed by atoms with van der Waals surface area (Å²) >= 11 is 0. The summed E-state index contributed by atoms with van der Waals surface area (Å²) in [7, 11) is 0. The largest absolute Gasteiger partial charge is 0.361 e. The van der Waals surface area contributed by atoms with E-state index in [2.05, 4.69) is 10.3 Å². The summed E-state index contributed by atoms with van der Waals surface area (Å²) in [5.74, 6) is 0.123. The van der Waals surface area contributed by atoms with Crippen LogP contribution in [0.15, 0.2) is 60.8 Å². The molecule has 1 atom stereocenters. The summed E-state index contributed by atoms with van der Waals surface area (Å²) in [6.45, 7) is 1.93. The van der Waals surface area contributed by atoms with E-state index in [0.29, 0.717) is 39.0 Å². The van der Waals surface area contributed by atoms with E-state index in [9.17, 15) is 14.4 Å². The molecule has 35 heavy (non-hydrogen) atoms. The zero-order chi connectivity index (χ0) is 24.2. The number of benzene rings is 2.